The maximum Gasteiger partial charge on any atom is 0.128 e. The molecule has 0 aliphatic rings. The van der Waals surface area contributed by atoms with Crippen LogP contribution in [0.25, 0.3) is 0 Å². The molecule has 2 N–H and O–H groups in total. The van der Waals surface area contributed by atoms with Crippen LogP contribution in [0, 0.1) is 17.5 Å². The zero-order chi connectivity index (χ0) is 13.3. The van der Waals surface area contributed by atoms with Crippen molar-refractivity contribution in [1.29, 1.82) is 0 Å². The fourth-order valence-corrected chi connectivity index (χ4v) is 1.87. The van der Waals surface area contributed by atoms with Crippen LogP contribution >= 0.6 is 11.6 Å². The monoisotopic (exact) mass is 271 g/mol. The predicted octanol–water partition coefficient (Wildman–Crippen LogP) is 3.81. The summed E-state index contributed by atoms with van der Waals surface area (Å²) in [6, 6.07) is 5.75. The first-order valence-corrected chi connectivity index (χ1v) is 5.51. The maximum atomic E-state index is 13.6. The molecule has 5 heteroatoms. The third-order valence-electron chi connectivity index (χ3n) is 2.54. The van der Waals surface area contributed by atoms with Gasteiger partial charge in [0.15, 0.2) is 0 Å². The molecule has 0 amide bonds. The Kier molecular flexibility index (Phi) is 3.59. The van der Waals surface area contributed by atoms with Gasteiger partial charge in [-0.25, -0.2) is 13.2 Å². The van der Waals surface area contributed by atoms with E-state index in [-0.39, 0.29) is 11.1 Å². The van der Waals surface area contributed by atoms with Crippen molar-refractivity contribution >= 4 is 11.6 Å². The molecule has 0 aliphatic heterocycles. The second kappa shape index (κ2) is 5.00. The molecule has 0 spiro atoms. The second-order valence-electron chi connectivity index (χ2n) is 3.85. The van der Waals surface area contributed by atoms with E-state index >= 15 is 0 Å². The number of hydrogen-bond acceptors (Lipinski definition) is 1. The number of hydrogen-bond donors (Lipinski definition) is 1. The molecule has 94 valence electrons. The Hall–Kier alpha value is -1.52. The molecule has 0 saturated heterocycles. The first-order valence-electron chi connectivity index (χ1n) is 5.14. The number of halogens is 4. The molecule has 2 aromatic rings. The van der Waals surface area contributed by atoms with E-state index in [9.17, 15) is 13.2 Å². The van der Waals surface area contributed by atoms with Gasteiger partial charge in [0, 0.05) is 16.7 Å². The van der Waals surface area contributed by atoms with Crippen molar-refractivity contribution in [2.24, 2.45) is 5.73 Å². The van der Waals surface area contributed by atoms with Crippen LogP contribution < -0.4 is 5.73 Å². The molecule has 0 aromatic heterocycles. The van der Waals surface area contributed by atoms with Gasteiger partial charge in [-0.05, 0) is 35.9 Å². The van der Waals surface area contributed by atoms with Gasteiger partial charge in [-0.3, -0.25) is 0 Å². The van der Waals surface area contributed by atoms with Crippen LogP contribution in [0.2, 0.25) is 5.02 Å². The van der Waals surface area contributed by atoms with Crippen molar-refractivity contribution in [3.8, 4) is 0 Å². The highest BCUT2D eigenvalue weighted by atomic mass is 35.5. The third kappa shape index (κ3) is 2.66. The number of nitrogens with two attached hydrogens (primary N) is 1. The van der Waals surface area contributed by atoms with E-state index in [4.69, 9.17) is 17.3 Å². The highest BCUT2D eigenvalue weighted by molar-refractivity contribution is 6.30. The van der Waals surface area contributed by atoms with Gasteiger partial charge < -0.3 is 5.73 Å². The van der Waals surface area contributed by atoms with Gasteiger partial charge in [0.1, 0.15) is 17.5 Å². The molecule has 0 bridgehead atoms. The van der Waals surface area contributed by atoms with E-state index in [0.29, 0.717) is 5.02 Å². The minimum absolute atomic E-state index is 0.0903. The molecule has 0 radical (unpaired) electrons. The molecule has 2 rings (SSSR count). The molecule has 0 fully saturated rings. The van der Waals surface area contributed by atoms with Crippen LogP contribution in [0.4, 0.5) is 13.2 Å². The average molecular weight is 272 g/mol. The molecule has 18 heavy (non-hydrogen) atoms. The molecule has 1 nitrogen and oxygen atoms in total. The maximum absolute atomic E-state index is 13.6. The molecular weight excluding hydrogens is 263 g/mol. The van der Waals surface area contributed by atoms with Crippen LogP contribution in [-0.4, -0.2) is 0 Å². The number of rotatable bonds is 2. The normalized spacial score (nSPS) is 12.5. The van der Waals surface area contributed by atoms with Crippen LogP contribution in [-0.2, 0) is 0 Å². The molecule has 1 atom stereocenters. The molecule has 2 aromatic carbocycles. The fraction of sp³-hybridized carbons (Fsp3) is 0.0769. The van der Waals surface area contributed by atoms with Gasteiger partial charge >= 0.3 is 0 Å². The quantitative estimate of drug-likeness (QED) is 0.883. The van der Waals surface area contributed by atoms with Crippen molar-refractivity contribution in [1.82, 2.24) is 0 Å². The van der Waals surface area contributed by atoms with Gasteiger partial charge in [-0.1, -0.05) is 11.6 Å². The highest BCUT2D eigenvalue weighted by Crippen LogP contribution is 2.26. The van der Waals surface area contributed by atoms with Gasteiger partial charge in [0.25, 0.3) is 0 Å². The zero-order valence-electron chi connectivity index (χ0n) is 9.13. The van der Waals surface area contributed by atoms with Gasteiger partial charge in [-0.2, -0.15) is 0 Å². The Bertz CT molecular complexity index is 566. The van der Waals surface area contributed by atoms with Crippen LogP contribution in [0.1, 0.15) is 17.2 Å². The predicted molar refractivity (Wildman–Crippen MR) is 63.8 cm³/mol. The summed E-state index contributed by atoms with van der Waals surface area (Å²) in [4.78, 5) is 0. The lowest BCUT2D eigenvalue weighted by atomic mass is 9.99. The lowest BCUT2D eigenvalue weighted by Gasteiger charge is -2.14. The molecule has 0 heterocycles. The van der Waals surface area contributed by atoms with Crippen LogP contribution in [0.15, 0.2) is 36.4 Å². The summed E-state index contributed by atoms with van der Waals surface area (Å²) >= 11 is 5.74. The van der Waals surface area contributed by atoms with E-state index in [1.54, 1.807) is 0 Å². The van der Waals surface area contributed by atoms with Gasteiger partial charge in [0.2, 0.25) is 0 Å². The smallest absolute Gasteiger partial charge is 0.128 e. The fourth-order valence-electron chi connectivity index (χ4n) is 1.69. The minimum Gasteiger partial charge on any atom is -0.320 e. The Morgan fingerprint density at radius 2 is 1.56 bits per heavy atom. The summed E-state index contributed by atoms with van der Waals surface area (Å²) in [5, 5.41) is 0.304. The Labute approximate surface area is 107 Å². The van der Waals surface area contributed by atoms with E-state index in [1.807, 2.05) is 0 Å². The molecular formula is C13H9ClF3N. The zero-order valence-corrected chi connectivity index (χ0v) is 9.89. The van der Waals surface area contributed by atoms with Crippen molar-refractivity contribution in [3.63, 3.8) is 0 Å². The minimum atomic E-state index is -0.978. The first-order chi connectivity index (χ1) is 8.47. The highest BCUT2D eigenvalue weighted by Gasteiger charge is 2.15. The summed E-state index contributed by atoms with van der Waals surface area (Å²) in [7, 11) is 0. The standard InChI is InChI=1S/C13H9ClF3N/c14-8-1-2-12(17)11(5-8)13(18)7-3-9(15)6-10(16)4-7/h1-6,13H,18H2. The van der Waals surface area contributed by atoms with E-state index < -0.39 is 23.5 Å². The molecule has 0 saturated carbocycles. The van der Waals surface area contributed by atoms with Gasteiger partial charge in [0.05, 0.1) is 6.04 Å². The molecule has 0 aliphatic carbocycles. The Balaban J connectivity index is 2.47. The SMILES string of the molecule is NC(c1cc(F)cc(F)c1)c1cc(Cl)ccc1F. The van der Waals surface area contributed by atoms with Crippen molar-refractivity contribution in [3.05, 3.63) is 70.0 Å². The van der Waals surface area contributed by atoms with E-state index in [1.165, 1.54) is 12.1 Å². The molecule has 1 unspecified atom stereocenters. The summed E-state index contributed by atoms with van der Waals surface area (Å²) in [5.74, 6) is -2.10. The van der Waals surface area contributed by atoms with Crippen molar-refractivity contribution < 1.29 is 13.2 Å². The van der Waals surface area contributed by atoms with E-state index in [0.717, 1.165) is 24.3 Å². The Morgan fingerprint density at radius 3 is 2.17 bits per heavy atom. The number of benzene rings is 2. The van der Waals surface area contributed by atoms with E-state index in [2.05, 4.69) is 0 Å². The lowest BCUT2D eigenvalue weighted by molar-refractivity contribution is 0.571. The summed E-state index contributed by atoms with van der Waals surface area (Å²) in [6.07, 6.45) is 0. The second-order valence-corrected chi connectivity index (χ2v) is 4.28. The van der Waals surface area contributed by atoms with Crippen LogP contribution in [0.3, 0.4) is 0 Å². The topological polar surface area (TPSA) is 26.0 Å². The van der Waals surface area contributed by atoms with Crippen molar-refractivity contribution in [2.45, 2.75) is 6.04 Å². The Morgan fingerprint density at radius 1 is 0.944 bits per heavy atom. The summed E-state index contributed by atoms with van der Waals surface area (Å²) < 4.78 is 39.7. The summed E-state index contributed by atoms with van der Waals surface area (Å²) in [6.45, 7) is 0. The average Bonchev–Trinajstić information content (AvgIpc) is 2.30. The first kappa shape index (κ1) is 12.9. The van der Waals surface area contributed by atoms with Gasteiger partial charge in [-0.15, -0.1) is 0 Å². The lowest BCUT2D eigenvalue weighted by Crippen LogP contribution is -2.14. The largest absolute Gasteiger partial charge is 0.320 e. The third-order valence-corrected chi connectivity index (χ3v) is 2.77. The van der Waals surface area contributed by atoms with Crippen molar-refractivity contribution in [2.75, 3.05) is 0 Å². The van der Waals surface area contributed by atoms with Crippen LogP contribution in [0.5, 0.6) is 0 Å². The summed E-state index contributed by atoms with van der Waals surface area (Å²) in [5.41, 5.74) is 6.03.